The van der Waals surface area contributed by atoms with Crippen LogP contribution in [-0.2, 0) is 27.9 Å². The van der Waals surface area contributed by atoms with Crippen LogP contribution in [0.15, 0.2) is 97.2 Å². The predicted octanol–water partition coefficient (Wildman–Crippen LogP) is 10.9. The molecular formula is C44H73O9P. The van der Waals surface area contributed by atoms with E-state index < -0.39 is 45.8 Å². The number of aliphatic hydroxyl groups is 2. The molecule has 54 heavy (non-hydrogen) atoms. The normalized spacial score (nSPS) is 15.1. The van der Waals surface area contributed by atoms with E-state index in [0.29, 0.717) is 13.0 Å². The van der Waals surface area contributed by atoms with Crippen molar-refractivity contribution < 1.29 is 43.0 Å². The van der Waals surface area contributed by atoms with Gasteiger partial charge in [0, 0.05) is 13.0 Å². The summed E-state index contributed by atoms with van der Waals surface area (Å²) in [6.07, 6.45) is 49.6. The van der Waals surface area contributed by atoms with Crippen LogP contribution < -0.4 is 0 Å². The molecule has 10 heteroatoms. The van der Waals surface area contributed by atoms with Gasteiger partial charge in [0.25, 0.3) is 0 Å². The molecule has 0 saturated heterocycles. The SMILES string of the molecule is CC/C=C\C/C=C\C/C=C\C/C=C\CCCCCCCCCOCC(COP(=O)(O)OCC(O)CO)OC(=O)CC/C=C\C/C=C\C/C=C\C/C=C\CC. The first kappa shape index (κ1) is 51.4. The van der Waals surface area contributed by atoms with Crippen molar-refractivity contribution in [3.8, 4) is 0 Å². The molecule has 3 N–H and O–H groups in total. The summed E-state index contributed by atoms with van der Waals surface area (Å²) >= 11 is 0. The van der Waals surface area contributed by atoms with Gasteiger partial charge in [-0.1, -0.05) is 143 Å². The molecule has 0 aliphatic heterocycles. The predicted molar refractivity (Wildman–Crippen MR) is 223 cm³/mol. The zero-order chi connectivity index (χ0) is 39.6. The van der Waals surface area contributed by atoms with E-state index >= 15 is 0 Å². The lowest BCUT2D eigenvalue weighted by Crippen LogP contribution is -2.29. The van der Waals surface area contributed by atoms with E-state index in [9.17, 15) is 19.4 Å². The van der Waals surface area contributed by atoms with E-state index in [4.69, 9.17) is 23.6 Å². The van der Waals surface area contributed by atoms with Gasteiger partial charge < -0.3 is 24.6 Å². The Labute approximate surface area is 327 Å². The first-order chi connectivity index (χ1) is 26.3. The van der Waals surface area contributed by atoms with Gasteiger partial charge in [0.1, 0.15) is 12.2 Å². The average molecular weight is 777 g/mol. The third kappa shape index (κ3) is 39.1. The van der Waals surface area contributed by atoms with Crippen LogP contribution >= 0.6 is 7.82 Å². The number of phosphoric ester groups is 1. The Bertz CT molecular complexity index is 1150. The fourth-order valence-electron chi connectivity index (χ4n) is 4.77. The molecule has 0 spiro atoms. The van der Waals surface area contributed by atoms with E-state index in [0.717, 1.165) is 77.0 Å². The number of esters is 1. The highest BCUT2D eigenvalue weighted by atomic mass is 31.2. The zero-order valence-electron chi connectivity index (χ0n) is 33.4. The van der Waals surface area contributed by atoms with Crippen LogP contribution in [0.4, 0.5) is 0 Å². The van der Waals surface area contributed by atoms with Gasteiger partial charge in [0.2, 0.25) is 0 Å². The molecule has 0 aromatic rings. The number of hydrogen-bond donors (Lipinski definition) is 3. The van der Waals surface area contributed by atoms with Crippen molar-refractivity contribution in [3.63, 3.8) is 0 Å². The van der Waals surface area contributed by atoms with Gasteiger partial charge in [0.15, 0.2) is 0 Å². The lowest BCUT2D eigenvalue weighted by Gasteiger charge is -2.20. The fourth-order valence-corrected chi connectivity index (χ4v) is 5.56. The highest BCUT2D eigenvalue weighted by Gasteiger charge is 2.26. The molecule has 0 fully saturated rings. The summed E-state index contributed by atoms with van der Waals surface area (Å²) in [5, 5.41) is 18.3. The van der Waals surface area contributed by atoms with Gasteiger partial charge in [-0.2, -0.15) is 0 Å². The molecule has 3 unspecified atom stereocenters. The van der Waals surface area contributed by atoms with Crippen LogP contribution in [0.1, 0.15) is 129 Å². The summed E-state index contributed by atoms with van der Waals surface area (Å²) in [7, 11) is -4.54. The summed E-state index contributed by atoms with van der Waals surface area (Å²) in [4.78, 5) is 22.5. The number of carbonyl (C=O) groups excluding carboxylic acids is 1. The van der Waals surface area contributed by atoms with E-state index in [2.05, 4.69) is 98.9 Å². The van der Waals surface area contributed by atoms with Crippen LogP contribution in [0.3, 0.4) is 0 Å². The van der Waals surface area contributed by atoms with Gasteiger partial charge in [-0.3, -0.25) is 13.8 Å². The Morgan fingerprint density at radius 1 is 0.574 bits per heavy atom. The molecule has 0 aliphatic carbocycles. The first-order valence-corrected chi connectivity index (χ1v) is 21.7. The Kier molecular flexibility index (Phi) is 38.1. The molecule has 3 atom stereocenters. The summed E-state index contributed by atoms with van der Waals surface area (Å²) in [6.45, 7) is 3.12. The standard InChI is InChI=1S/C44H73O9P/c1-3-5-7-9-11-13-15-17-18-19-20-21-22-23-25-27-29-31-33-35-37-50-40-43(41-52-54(48,49)51-39-42(46)38-45)53-44(47)36-34-32-30-28-26-24-16-14-12-10-8-6-4-2/h5-8,11-14,17-18,20-21,24,26,30,32,42-43,45-46H,3-4,9-10,15-16,19,22-23,25,27-29,31,33-41H2,1-2H3,(H,48,49)/b7-5-,8-6-,13-11-,14-12-,18-17-,21-20-,26-24-,32-30-. The molecule has 0 saturated carbocycles. The molecule has 9 nitrogen and oxygen atoms in total. The highest BCUT2D eigenvalue weighted by molar-refractivity contribution is 7.47. The van der Waals surface area contributed by atoms with E-state index in [1.165, 1.54) is 25.7 Å². The maximum atomic E-state index is 12.5. The van der Waals surface area contributed by atoms with Gasteiger partial charge in [-0.25, -0.2) is 4.57 Å². The number of hydrogen-bond acceptors (Lipinski definition) is 8. The number of unbranched alkanes of at least 4 members (excludes halogenated alkanes) is 7. The second kappa shape index (κ2) is 40.1. The van der Waals surface area contributed by atoms with Gasteiger partial charge >= 0.3 is 13.8 Å². The van der Waals surface area contributed by atoms with Crippen molar-refractivity contribution in [1.29, 1.82) is 0 Å². The van der Waals surface area contributed by atoms with Crippen molar-refractivity contribution in [2.45, 2.75) is 142 Å². The minimum Gasteiger partial charge on any atom is -0.457 e. The van der Waals surface area contributed by atoms with E-state index in [1.54, 1.807) is 0 Å². The molecule has 0 radical (unpaired) electrons. The third-order valence-electron chi connectivity index (χ3n) is 7.78. The Hall–Kier alpha value is -2.62. The second-order valence-electron chi connectivity index (χ2n) is 12.9. The molecule has 0 heterocycles. The molecule has 0 aliphatic rings. The van der Waals surface area contributed by atoms with Crippen molar-refractivity contribution in [2.24, 2.45) is 0 Å². The summed E-state index contributed by atoms with van der Waals surface area (Å²) in [5.74, 6) is -0.471. The smallest absolute Gasteiger partial charge is 0.457 e. The Morgan fingerprint density at radius 2 is 1.00 bits per heavy atom. The molecule has 0 amide bonds. The van der Waals surface area contributed by atoms with Crippen molar-refractivity contribution in [3.05, 3.63) is 97.2 Å². The summed E-state index contributed by atoms with van der Waals surface area (Å²) in [5.41, 5.74) is 0. The molecule has 0 bridgehead atoms. The Balaban J connectivity index is 4.30. The molecule has 0 rings (SSSR count). The molecule has 308 valence electrons. The van der Waals surface area contributed by atoms with Crippen LogP contribution in [-0.4, -0.2) is 66.3 Å². The van der Waals surface area contributed by atoms with Crippen LogP contribution in [0.5, 0.6) is 0 Å². The maximum absolute atomic E-state index is 12.5. The first-order valence-electron chi connectivity index (χ1n) is 20.2. The average Bonchev–Trinajstić information content (AvgIpc) is 3.16. The maximum Gasteiger partial charge on any atom is 0.472 e. The Morgan fingerprint density at radius 3 is 1.50 bits per heavy atom. The second-order valence-corrected chi connectivity index (χ2v) is 14.3. The minimum atomic E-state index is -4.54. The number of rotatable bonds is 37. The lowest BCUT2D eigenvalue weighted by atomic mass is 10.1. The van der Waals surface area contributed by atoms with Crippen molar-refractivity contribution in [1.82, 2.24) is 0 Å². The number of ether oxygens (including phenoxy) is 2. The summed E-state index contributed by atoms with van der Waals surface area (Å²) in [6, 6.07) is 0. The topological polar surface area (TPSA) is 132 Å². The fraction of sp³-hybridized carbons (Fsp3) is 0.614. The number of carbonyl (C=O) groups is 1. The van der Waals surface area contributed by atoms with E-state index in [1.807, 2.05) is 12.2 Å². The quantitative estimate of drug-likeness (QED) is 0.0244. The number of allylic oxidation sites excluding steroid dienone is 16. The third-order valence-corrected chi connectivity index (χ3v) is 8.73. The number of phosphoric acid groups is 1. The monoisotopic (exact) mass is 776 g/mol. The van der Waals surface area contributed by atoms with Gasteiger partial charge in [0.05, 0.1) is 26.4 Å². The summed E-state index contributed by atoms with van der Waals surface area (Å²) < 4.78 is 33.2. The number of aliphatic hydroxyl groups excluding tert-OH is 2. The van der Waals surface area contributed by atoms with Crippen LogP contribution in [0.2, 0.25) is 0 Å². The minimum absolute atomic E-state index is 0.00622. The molecule has 0 aromatic carbocycles. The molecular weight excluding hydrogens is 703 g/mol. The van der Waals surface area contributed by atoms with Crippen LogP contribution in [0.25, 0.3) is 0 Å². The zero-order valence-corrected chi connectivity index (χ0v) is 34.3. The molecule has 0 aromatic heterocycles. The van der Waals surface area contributed by atoms with Crippen molar-refractivity contribution in [2.75, 3.05) is 33.0 Å². The van der Waals surface area contributed by atoms with Gasteiger partial charge in [-0.15, -0.1) is 0 Å². The van der Waals surface area contributed by atoms with Crippen LogP contribution in [0, 0.1) is 0 Å². The lowest BCUT2D eigenvalue weighted by molar-refractivity contribution is -0.154. The van der Waals surface area contributed by atoms with Gasteiger partial charge in [-0.05, 0) is 77.0 Å². The van der Waals surface area contributed by atoms with E-state index in [-0.39, 0.29) is 13.0 Å². The highest BCUT2D eigenvalue weighted by Crippen LogP contribution is 2.43. The largest absolute Gasteiger partial charge is 0.472 e. The van der Waals surface area contributed by atoms with Crippen molar-refractivity contribution >= 4 is 13.8 Å².